The topological polar surface area (TPSA) is 63.2 Å². The molecule has 0 bridgehead atoms. The van der Waals surface area contributed by atoms with Gasteiger partial charge < -0.3 is 4.90 Å². The van der Waals surface area contributed by atoms with Gasteiger partial charge in [0.05, 0.1) is 17.8 Å². The Hall–Kier alpha value is -2.70. The third-order valence-electron chi connectivity index (χ3n) is 4.21. The molecule has 150 valence electrons. The highest BCUT2D eigenvalue weighted by molar-refractivity contribution is 5.94. The molecule has 0 spiro atoms. The summed E-state index contributed by atoms with van der Waals surface area (Å²) in [5.41, 5.74) is 1.33. The molecule has 0 atom stereocenters. The first kappa shape index (κ1) is 21.6. The predicted octanol–water partition coefficient (Wildman–Crippen LogP) is 4.21. The van der Waals surface area contributed by atoms with Gasteiger partial charge in [-0.25, -0.2) is 8.78 Å². The van der Waals surface area contributed by atoms with E-state index in [1.807, 2.05) is 20.8 Å². The second-order valence-electron chi connectivity index (χ2n) is 7.21. The first-order valence-electron chi connectivity index (χ1n) is 9.33. The Morgan fingerprint density at radius 1 is 1.14 bits per heavy atom. The number of nitrogens with zero attached hydrogens (tertiary/aromatic N) is 3. The lowest BCUT2D eigenvalue weighted by molar-refractivity contribution is 0.0713. The van der Waals surface area contributed by atoms with Gasteiger partial charge in [0.25, 0.3) is 5.91 Å². The molecule has 1 amide bonds. The molecule has 1 aromatic carbocycles. The number of aryl methyl sites for hydroxylation is 1. The molecule has 7 heteroatoms. The summed E-state index contributed by atoms with van der Waals surface area (Å²) in [5.74, 6) is -2.13. The van der Waals surface area contributed by atoms with Crippen LogP contribution in [0.15, 0.2) is 24.3 Å². The van der Waals surface area contributed by atoms with E-state index in [1.54, 1.807) is 6.07 Å². The Morgan fingerprint density at radius 3 is 2.46 bits per heavy atom. The Bertz CT molecular complexity index is 869. The zero-order valence-electron chi connectivity index (χ0n) is 16.6. The molecule has 1 heterocycles. The summed E-state index contributed by atoms with van der Waals surface area (Å²) in [5, 5.41) is 8.09. The van der Waals surface area contributed by atoms with Crippen LogP contribution in [0.2, 0.25) is 0 Å². The molecular formula is C21H25F2N3O2. The van der Waals surface area contributed by atoms with Crippen molar-refractivity contribution in [3.8, 4) is 0 Å². The van der Waals surface area contributed by atoms with Crippen molar-refractivity contribution < 1.29 is 18.4 Å². The molecule has 0 saturated carbocycles. The summed E-state index contributed by atoms with van der Waals surface area (Å²) < 4.78 is 27.7. The van der Waals surface area contributed by atoms with Crippen molar-refractivity contribution >= 4 is 11.7 Å². The number of benzene rings is 1. The van der Waals surface area contributed by atoms with E-state index < -0.39 is 17.5 Å². The van der Waals surface area contributed by atoms with Gasteiger partial charge in [0, 0.05) is 13.5 Å². The molecule has 0 radical (unpaired) electrons. The molecule has 28 heavy (non-hydrogen) atoms. The Labute approximate surface area is 163 Å². The molecular weight excluding hydrogens is 364 g/mol. The Morgan fingerprint density at radius 2 is 1.86 bits per heavy atom. The maximum atomic E-state index is 14.1. The van der Waals surface area contributed by atoms with Crippen LogP contribution in [0.25, 0.3) is 0 Å². The summed E-state index contributed by atoms with van der Waals surface area (Å²) in [4.78, 5) is 26.0. The quantitative estimate of drug-likeness (QED) is 0.635. The minimum atomic E-state index is -0.771. The van der Waals surface area contributed by atoms with Crippen LogP contribution in [0.1, 0.15) is 66.2 Å². The number of carbonyl (C=O) groups excluding carboxylic acids is 2. The van der Waals surface area contributed by atoms with Crippen LogP contribution < -0.4 is 0 Å². The zero-order valence-corrected chi connectivity index (χ0v) is 16.6. The van der Waals surface area contributed by atoms with Crippen LogP contribution in [0.5, 0.6) is 0 Å². The molecule has 0 aliphatic carbocycles. The van der Waals surface area contributed by atoms with Crippen molar-refractivity contribution in [2.24, 2.45) is 5.92 Å². The molecule has 0 fully saturated rings. The Balaban J connectivity index is 2.40. The number of hydrogen-bond acceptors (Lipinski definition) is 4. The van der Waals surface area contributed by atoms with Gasteiger partial charge in [-0.3, -0.25) is 9.59 Å². The highest BCUT2D eigenvalue weighted by atomic mass is 19.1. The highest BCUT2D eigenvalue weighted by Crippen LogP contribution is 2.18. The number of Topliss-reactive ketones (excluding diaryl/α,β-unsaturated/α-hetero) is 1. The average Bonchev–Trinajstić information content (AvgIpc) is 2.63. The number of halogens is 2. The van der Waals surface area contributed by atoms with Gasteiger partial charge in [-0.1, -0.05) is 27.2 Å². The molecule has 5 nitrogen and oxygen atoms in total. The lowest BCUT2D eigenvalue weighted by Crippen LogP contribution is -2.35. The van der Waals surface area contributed by atoms with E-state index in [4.69, 9.17) is 0 Å². The van der Waals surface area contributed by atoms with Crippen LogP contribution in [0.4, 0.5) is 8.78 Å². The van der Waals surface area contributed by atoms with Gasteiger partial charge in [-0.15, -0.1) is 5.10 Å². The predicted molar refractivity (Wildman–Crippen MR) is 102 cm³/mol. The van der Waals surface area contributed by atoms with Crippen LogP contribution in [-0.2, 0) is 13.0 Å². The lowest BCUT2D eigenvalue weighted by atomic mass is 10.1. The van der Waals surface area contributed by atoms with Gasteiger partial charge in [-0.2, -0.15) is 5.10 Å². The van der Waals surface area contributed by atoms with Crippen molar-refractivity contribution in [1.29, 1.82) is 0 Å². The van der Waals surface area contributed by atoms with Crippen LogP contribution in [0, 0.1) is 17.6 Å². The number of carbonyl (C=O) groups is 2. The van der Waals surface area contributed by atoms with Gasteiger partial charge in [-0.05, 0) is 42.2 Å². The maximum Gasteiger partial charge on any atom is 0.257 e. The molecule has 2 rings (SSSR count). The van der Waals surface area contributed by atoms with Crippen LogP contribution in [-0.4, -0.2) is 33.3 Å². The third kappa shape index (κ3) is 5.41. The third-order valence-corrected chi connectivity index (χ3v) is 4.21. The first-order valence-corrected chi connectivity index (χ1v) is 9.33. The monoisotopic (exact) mass is 389 g/mol. The zero-order chi connectivity index (χ0) is 20.8. The maximum absolute atomic E-state index is 14.1. The van der Waals surface area contributed by atoms with Crippen LogP contribution in [0.3, 0.4) is 0 Å². The molecule has 0 unspecified atom stereocenters. The fourth-order valence-corrected chi connectivity index (χ4v) is 2.92. The molecule has 2 aromatic rings. The van der Waals surface area contributed by atoms with E-state index >= 15 is 0 Å². The number of ketones is 1. The van der Waals surface area contributed by atoms with Crippen molar-refractivity contribution in [3.63, 3.8) is 0 Å². The molecule has 0 saturated heterocycles. The standard InChI is InChI=1S/C21H25F2N3O2/c1-5-6-15-9-19(14(4)27)24-25-20(15)12-26(11-13(2)3)21(28)17-10-16(22)7-8-18(17)23/h7-10,13H,5-6,11-12H2,1-4H3. The molecule has 1 aromatic heterocycles. The van der Waals surface area contributed by atoms with Crippen molar-refractivity contribution in [3.05, 3.63) is 58.4 Å². The minimum absolute atomic E-state index is 0.105. The van der Waals surface area contributed by atoms with Crippen molar-refractivity contribution in [2.45, 2.75) is 47.1 Å². The Kier molecular flexibility index (Phi) is 7.31. The van der Waals surface area contributed by atoms with E-state index in [2.05, 4.69) is 10.2 Å². The summed E-state index contributed by atoms with van der Waals surface area (Å²) >= 11 is 0. The summed E-state index contributed by atoms with van der Waals surface area (Å²) in [6.07, 6.45) is 1.50. The van der Waals surface area contributed by atoms with Crippen LogP contribution >= 0.6 is 0 Å². The summed E-state index contributed by atoms with van der Waals surface area (Å²) in [6.45, 7) is 7.72. The summed E-state index contributed by atoms with van der Waals surface area (Å²) in [6, 6.07) is 4.52. The minimum Gasteiger partial charge on any atom is -0.332 e. The molecule has 0 N–H and O–H groups in total. The van der Waals surface area contributed by atoms with E-state index in [0.717, 1.165) is 30.2 Å². The molecule has 0 aliphatic rings. The smallest absolute Gasteiger partial charge is 0.257 e. The number of hydrogen-bond donors (Lipinski definition) is 0. The van der Waals surface area contributed by atoms with Crippen molar-refractivity contribution in [1.82, 2.24) is 15.1 Å². The normalized spacial score (nSPS) is 11.0. The fourth-order valence-electron chi connectivity index (χ4n) is 2.92. The largest absolute Gasteiger partial charge is 0.332 e. The second-order valence-corrected chi connectivity index (χ2v) is 7.21. The molecule has 0 aliphatic heterocycles. The van der Waals surface area contributed by atoms with Gasteiger partial charge in [0.2, 0.25) is 0 Å². The lowest BCUT2D eigenvalue weighted by Gasteiger charge is -2.25. The average molecular weight is 389 g/mol. The first-order chi connectivity index (χ1) is 13.2. The van der Waals surface area contributed by atoms with Gasteiger partial charge in [0.15, 0.2) is 5.78 Å². The second kappa shape index (κ2) is 9.48. The number of amides is 1. The van der Waals surface area contributed by atoms with Crippen molar-refractivity contribution in [2.75, 3.05) is 6.54 Å². The van der Waals surface area contributed by atoms with E-state index in [9.17, 15) is 18.4 Å². The van der Waals surface area contributed by atoms with E-state index in [0.29, 0.717) is 18.7 Å². The fraction of sp³-hybridized carbons (Fsp3) is 0.429. The van der Waals surface area contributed by atoms with E-state index in [-0.39, 0.29) is 29.5 Å². The number of rotatable bonds is 8. The number of aromatic nitrogens is 2. The van der Waals surface area contributed by atoms with E-state index in [1.165, 1.54) is 11.8 Å². The summed E-state index contributed by atoms with van der Waals surface area (Å²) in [7, 11) is 0. The SMILES string of the molecule is CCCc1cc(C(C)=O)nnc1CN(CC(C)C)C(=O)c1cc(F)ccc1F. The van der Waals surface area contributed by atoms with Gasteiger partial charge >= 0.3 is 0 Å². The van der Waals surface area contributed by atoms with Gasteiger partial charge in [0.1, 0.15) is 17.3 Å². The highest BCUT2D eigenvalue weighted by Gasteiger charge is 2.23.